The molecule has 0 amide bonds. The zero-order valence-corrected chi connectivity index (χ0v) is 21.6. The maximum absolute atomic E-state index is 11.7. The van der Waals surface area contributed by atoms with Crippen molar-refractivity contribution in [3.8, 4) is 0 Å². The van der Waals surface area contributed by atoms with Gasteiger partial charge in [0.05, 0.1) is 11.1 Å². The number of hydrogen-bond donors (Lipinski definition) is 2. The van der Waals surface area contributed by atoms with Crippen LogP contribution in [0, 0.1) is 0 Å². The Balaban J connectivity index is 0.00000143. The zero-order chi connectivity index (χ0) is 25.0. The van der Waals surface area contributed by atoms with Crippen LogP contribution in [0.25, 0.3) is 0 Å². The van der Waals surface area contributed by atoms with Gasteiger partial charge in [-0.1, -0.05) is 90.2 Å². The molecule has 0 atom stereocenters. The molecule has 0 aliphatic heterocycles. The number of carbonyl (C=O) groups is 2. The van der Waals surface area contributed by atoms with Gasteiger partial charge in [-0.3, -0.25) is 4.98 Å². The standard InChI is InChI=1S/C24H38O4.C5H5N.H2O/c1-3-5-7-9-11-13-15-19-17-20(16-14-12-10-8-6-4-2)22(24(27)28)21(18-19)23(25)26;1-2-4-6-5-3-1;/h17-18H,3-16H2,1-2H3,(H,25,26)(H,27,28);1-5H;1H2. The lowest BCUT2D eigenvalue weighted by Gasteiger charge is -2.13. The highest BCUT2D eigenvalue weighted by atomic mass is 16.4. The van der Waals surface area contributed by atoms with Gasteiger partial charge in [0.15, 0.2) is 0 Å². The van der Waals surface area contributed by atoms with Crippen molar-refractivity contribution < 1.29 is 25.3 Å². The quantitative estimate of drug-likeness (QED) is 0.244. The second kappa shape index (κ2) is 20.6. The number of aromatic nitrogens is 1. The molecular weight excluding hydrogens is 442 g/mol. The van der Waals surface area contributed by atoms with E-state index >= 15 is 0 Å². The minimum absolute atomic E-state index is 0. The molecule has 0 spiro atoms. The Bertz CT molecular complexity index is 797. The summed E-state index contributed by atoms with van der Waals surface area (Å²) >= 11 is 0. The minimum atomic E-state index is -1.15. The van der Waals surface area contributed by atoms with Gasteiger partial charge in [0.25, 0.3) is 0 Å². The number of unbranched alkanes of at least 4 members (excludes halogenated alkanes) is 10. The molecule has 0 saturated heterocycles. The van der Waals surface area contributed by atoms with Gasteiger partial charge in [0.1, 0.15) is 0 Å². The van der Waals surface area contributed by atoms with Crippen LogP contribution < -0.4 is 0 Å². The third-order valence-electron chi connectivity index (χ3n) is 5.91. The van der Waals surface area contributed by atoms with Crippen LogP contribution in [-0.2, 0) is 12.8 Å². The largest absolute Gasteiger partial charge is 0.478 e. The molecule has 4 N–H and O–H groups in total. The molecule has 35 heavy (non-hydrogen) atoms. The van der Waals surface area contributed by atoms with Gasteiger partial charge >= 0.3 is 11.9 Å². The van der Waals surface area contributed by atoms with Crippen molar-refractivity contribution in [1.82, 2.24) is 4.98 Å². The highest BCUT2D eigenvalue weighted by Gasteiger charge is 2.21. The summed E-state index contributed by atoms with van der Waals surface area (Å²) in [4.78, 5) is 27.2. The summed E-state index contributed by atoms with van der Waals surface area (Å²) in [5.41, 5.74) is 1.56. The summed E-state index contributed by atoms with van der Waals surface area (Å²) in [6.07, 6.45) is 18.8. The number of nitrogens with zero attached hydrogens (tertiary/aromatic N) is 1. The molecule has 196 valence electrons. The van der Waals surface area contributed by atoms with E-state index < -0.39 is 11.9 Å². The number of benzene rings is 1. The molecule has 6 nitrogen and oxygen atoms in total. The van der Waals surface area contributed by atoms with E-state index in [1.807, 2.05) is 24.3 Å². The molecule has 0 saturated carbocycles. The third-order valence-corrected chi connectivity index (χ3v) is 5.91. The van der Waals surface area contributed by atoms with Crippen LogP contribution in [0.1, 0.15) is 123 Å². The van der Waals surface area contributed by atoms with Gasteiger partial charge in [-0.25, -0.2) is 9.59 Å². The Labute approximate surface area is 211 Å². The van der Waals surface area contributed by atoms with Crippen LogP contribution in [0.5, 0.6) is 0 Å². The number of aryl methyl sites for hydroxylation is 2. The summed E-state index contributed by atoms with van der Waals surface area (Å²) in [7, 11) is 0. The first-order valence-electron chi connectivity index (χ1n) is 13.0. The van der Waals surface area contributed by atoms with E-state index in [-0.39, 0.29) is 16.6 Å². The average molecular weight is 488 g/mol. The maximum Gasteiger partial charge on any atom is 0.336 e. The summed E-state index contributed by atoms with van der Waals surface area (Å²) in [5, 5.41) is 19.1. The Morgan fingerprint density at radius 2 is 1.20 bits per heavy atom. The topological polar surface area (TPSA) is 119 Å². The summed E-state index contributed by atoms with van der Waals surface area (Å²) in [6.45, 7) is 4.38. The van der Waals surface area contributed by atoms with Crippen molar-refractivity contribution in [3.05, 3.63) is 65.0 Å². The zero-order valence-electron chi connectivity index (χ0n) is 21.6. The predicted molar refractivity (Wildman–Crippen MR) is 142 cm³/mol. The van der Waals surface area contributed by atoms with E-state index in [0.717, 1.165) is 44.1 Å². The van der Waals surface area contributed by atoms with Crippen molar-refractivity contribution in [1.29, 1.82) is 0 Å². The first-order valence-corrected chi connectivity index (χ1v) is 13.0. The van der Waals surface area contributed by atoms with Gasteiger partial charge in [-0.05, 0) is 55.0 Å². The van der Waals surface area contributed by atoms with Crippen LogP contribution >= 0.6 is 0 Å². The van der Waals surface area contributed by atoms with E-state index in [9.17, 15) is 19.8 Å². The molecule has 0 bridgehead atoms. The first kappa shape index (κ1) is 32.3. The fourth-order valence-electron chi connectivity index (χ4n) is 4.05. The lowest BCUT2D eigenvalue weighted by molar-refractivity contribution is 0.0650. The Morgan fingerprint density at radius 1 is 0.686 bits per heavy atom. The molecule has 0 fully saturated rings. The molecule has 1 heterocycles. The molecule has 1 aromatic heterocycles. The molecule has 6 heteroatoms. The van der Waals surface area contributed by atoms with Crippen molar-refractivity contribution >= 4 is 11.9 Å². The fraction of sp³-hybridized carbons (Fsp3) is 0.552. The van der Waals surface area contributed by atoms with E-state index in [2.05, 4.69) is 18.8 Å². The molecule has 1 aromatic carbocycles. The highest BCUT2D eigenvalue weighted by molar-refractivity contribution is 6.03. The van der Waals surface area contributed by atoms with Crippen molar-refractivity contribution in [3.63, 3.8) is 0 Å². The Kier molecular flexibility index (Phi) is 19.0. The molecule has 0 radical (unpaired) electrons. The van der Waals surface area contributed by atoms with Crippen LogP contribution in [-0.4, -0.2) is 32.6 Å². The molecule has 0 unspecified atom stereocenters. The average Bonchev–Trinajstić information content (AvgIpc) is 2.84. The van der Waals surface area contributed by atoms with Crippen LogP contribution in [0.3, 0.4) is 0 Å². The van der Waals surface area contributed by atoms with Gasteiger partial charge in [0, 0.05) is 12.4 Å². The van der Waals surface area contributed by atoms with Crippen LogP contribution in [0.2, 0.25) is 0 Å². The monoisotopic (exact) mass is 487 g/mol. The predicted octanol–water partition coefficient (Wildman–Crippen LogP) is 7.15. The van der Waals surface area contributed by atoms with Crippen molar-refractivity contribution in [2.45, 2.75) is 104 Å². The second-order valence-corrected chi connectivity index (χ2v) is 8.85. The first-order chi connectivity index (χ1) is 16.5. The van der Waals surface area contributed by atoms with Crippen molar-refractivity contribution in [2.75, 3.05) is 0 Å². The summed E-state index contributed by atoms with van der Waals surface area (Å²) in [5.74, 6) is -2.28. The SMILES string of the molecule is CCCCCCCCc1cc(CCCCCCCC)c(C(=O)O)c(C(=O)O)c1.O.c1ccncc1. The van der Waals surface area contributed by atoms with E-state index in [1.54, 1.807) is 18.5 Å². The van der Waals surface area contributed by atoms with E-state index in [1.165, 1.54) is 44.9 Å². The number of hydrogen-bond acceptors (Lipinski definition) is 3. The van der Waals surface area contributed by atoms with E-state index in [4.69, 9.17) is 0 Å². The Morgan fingerprint density at radius 3 is 1.63 bits per heavy atom. The number of pyridine rings is 1. The molecular formula is C29H45NO5. The molecule has 0 aliphatic carbocycles. The lowest BCUT2D eigenvalue weighted by Crippen LogP contribution is -2.13. The molecule has 2 aromatic rings. The second-order valence-electron chi connectivity index (χ2n) is 8.85. The molecule has 2 rings (SSSR count). The lowest BCUT2D eigenvalue weighted by atomic mass is 9.92. The van der Waals surface area contributed by atoms with Gasteiger partial charge < -0.3 is 15.7 Å². The molecule has 0 aliphatic rings. The normalized spacial score (nSPS) is 10.1. The van der Waals surface area contributed by atoms with Gasteiger partial charge in [-0.2, -0.15) is 0 Å². The fourth-order valence-corrected chi connectivity index (χ4v) is 4.05. The van der Waals surface area contributed by atoms with E-state index in [0.29, 0.717) is 12.0 Å². The summed E-state index contributed by atoms with van der Waals surface area (Å²) < 4.78 is 0. The number of carboxylic acid groups (broad SMARTS) is 2. The summed E-state index contributed by atoms with van der Waals surface area (Å²) in [6, 6.07) is 9.23. The van der Waals surface area contributed by atoms with Crippen molar-refractivity contribution in [2.24, 2.45) is 0 Å². The maximum atomic E-state index is 11.7. The smallest absolute Gasteiger partial charge is 0.336 e. The van der Waals surface area contributed by atoms with Gasteiger partial charge in [0.2, 0.25) is 0 Å². The number of rotatable bonds is 16. The number of carboxylic acids is 2. The van der Waals surface area contributed by atoms with Crippen LogP contribution in [0.15, 0.2) is 42.7 Å². The minimum Gasteiger partial charge on any atom is -0.478 e. The highest BCUT2D eigenvalue weighted by Crippen LogP contribution is 2.23. The van der Waals surface area contributed by atoms with Crippen LogP contribution in [0.4, 0.5) is 0 Å². The third kappa shape index (κ3) is 14.3. The Hall–Kier alpha value is -2.73. The van der Waals surface area contributed by atoms with Gasteiger partial charge in [-0.15, -0.1) is 0 Å². The number of aromatic carboxylic acids is 2.